The molecule has 0 unspecified atom stereocenters. The van der Waals surface area contributed by atoms with Gasteiger partial charge >= 0.3 is 0 Å². The maximum atomic E-state index is 9.52. The van der Waals surface area contributed by atoms with E-state index in [0.717, 1.165) is 37.2 Å². The molecule has 2 fully saturated rings. The molecular formula is C14H22N4O. The fraction of sp³-hybridized carbons (Fsp3) is 0.714. The van der Waals surface area contributed by atoms with E-state index >= 15 is 0 Å². The first kappa shape index (κ1) is 12.7. The second-order valence-corrected chi connectivity index (χ2v) is 5.79. The predicted octanol–water partition coefficient (Wildman–Crippen LogP) is 2.07. The van der Waals surface area contributed by atoms with Crippen molar-refractivity contribution < 1.29 is 5.11 Å². The fourth-order valence-corrected chi connectivity index (χ4v) is 2.55. The van der Waals surface area contributed by atoms with Crippen LogP contribution in [0, 0.1) is 6.92 Å². The molecule has 5 heteroatoms. The quantitative estimate of drug-likeness (QED) is 0.775. The van der Waals surface area contributed by atoms with E-state index in [2.05, 4.69) is 20.6 Å². The molecule has 2 saturated carbocycles. The van der Waals surface area contributed by atoms with E-state index in [1.54, 1.807) is 0 Å². The average molecular weight is 262 g/mol. The summed E-state index contributed by atoms with van der Waals surface area (Å²) in [6.45, 7) is 2.00. The Morgan fingerprint density at radius 2 is 1.63 bits per heavy atom. The summed E-state index contributed by atoms with van der Waals surface area (Å²) in [5.41, 5.74) is 0.983. The topological polar surface area (TPSA) is 70.1 Å². The summed E-state index contributed by atoms with van der Waals surface area (Å²) in [4.78, 5) is 8.98. The molecule has 0 aromatic carbocycles. The first-order chi connectivity index (χ1) is 9.19. The van der Waals surface area contributed by atoms with Crippen molar-refractivity contribution >= 4 is 11.8 Å². The van der Waals surface area contributed by atoms with Gasteiger partial charge in [0.15, 0.2) is 0 Å². The Balaban J connectivity index is 1.64. The van der Waals surface area contributed by atoms with Crippen LogP contribution in [0.25, 0.3) is 0 Å². The van der Waals surface area contributed by atoms with Gasteiger partial charge in [0.25, 0.3) is 0 Å². The highest BCUT2D eigenvalue weighted by atomic mass is 16.3. The van der Waals surface area contributed by atoms with E-state index in [9.17, 15) is 5.11 Å². The zero-order valence-corrected chi connectivity index (χ0v) is 11.4. The third-order valence-electron chi connectivity index (χ3n) is 3.81. The van der Waals surface area contributed by atoms with Crippen LogP contribution in [0.2, 0.25) is 0 Å². The van der Waals surface area contributed by atoms with Gasteiger partial charge in [0.1, 0.15) is 5.82 Å². The Morgan fingerprint density at radius 3 is 2.32 bits per heavy atom. The monoisotopic (exact) mass is 262 g/mol. The number of aryl methyl sites for hydroxylation is 1. The van der Waals surface area contributed by atoms with Crippen LogP contribution < -0.4 is 10.6 Å². The molecule has 2 aliphatic rings. The molecule has 1 aromatic heterocycles. The summed E-state index contributed by atoms with van der Waals surface area (Å²) >= 11 is 0. The van der Waals surface area contributed by atoms with Crippen LogP contribution in [0.5, 0.6) is 0 Å². The molecule has 0 aliphatic heterocycles. The van der Waals surface area contributed by atoms with Crippen molar-refractivity contribution in [2.45, 2.75) is 63.6 Å². The highest BCUT2D eigenvalue weighted by molar-refractivity contribution is 5.44. The molecule has 0 spiro atoms. The lowest BCUT2D eigenvalue weighted by Gasteiger charge is -2.26. The number of hydrogen-bond donors (Lipinski definition) is 3. The van der Waals surface area contributed by atoms with E-state index < -0.39 is 0 Å². The van der Waals surface area contributed by atoms with E-state index in [4.69, 9.17) is 0 Å². The minimum absolute atomic E-state index is 0.122. The second-order valence-electron chi connectivity index (χ2n) is 5.79. The van der Waals surface area contributed by atoms with Gasteiger partial charge in [-0.1, -0.05) is 0 Å². The Hall–Kier alpha value is -1.36. The second kappa shape index (κ2) is 5.33. The van der Waals surface area contributed by atoms with Gasteiger partial charge in [0.05, 0.1) is 6.10 Å². The van der Waals surface area contributed by atoms with Gasteiger partial charge in [0.2, 0.25) is 5.95 Å². The third kappa shape index (κ3) is 3.56. The molecule has 19 heavy (non-hydrogen) atoms. The number of aliphatic hydroxyl groups is 1. The number of anilines is 2. The van der Waals surface area contributed by atoms with Gasteiger partial charge in [-0.05, 0) is 45.4 Å². The van der Waals surface area contributed by atoms with Crippen molar-refractivity contribution in [2.24, 2.45) is 0 Å². The van der Waals surface area contributed by atoms with Crippen LogP contribution in [0.15, 0.2) is 6.07 Å². The lowest BCUT2D eigenvalue weighted by atomic mass is 9.93. The lowest BCUT2D eigenvalue weighted by molar-refractivity contribution is 0.126. The normalized spacial score (nSPS) is 27.1. The van der Waals surface area contributed by atoms with Gasteiger partial charge < -0.3 is 15.7 Å². The summed E-state index contributed by atoms with van der Waals surface area (Å²) in [6, 6.07) is 2.99. The van der Waals surface area contributed by atoms with Crippen molar-refractivity contribution in [1.82, 2.24) is 9.97 Å². The zero-order chi connectivity index (χ0) is 13.2. The molecule has 0 saturated heterocycles. The number of aromatic nitrogens is 2. The Kier molecular flexibility index (Phi) is 3.55. The van der Waals surface area contributed by atoms with E-state index in [-0.39, 0.29) is 6.10 Å². The molecule has 0 radical (unpaired) electrons. The van der Waals surface area contributed by atoms with Crippen LogP contribution in [0.3, 0.4) is 0 Å². The highest BCUT2D eigenvalue weighted by Crippen LogP contribution is 2.25. The standard InChI is InChI=1S/C14H22N4O/c1-9-8-13(16-10-2-3-10)18-14(15-9)17-11-4-6-12(19)7-5-11/h8,10-12,19H,2-7H2,1H3,(H2,15,16,17,18). The number of nitrogens with zero attached hydrogens (tertiary/aromatic N) is 2. The van der Waals surface area contributed by atoms with Gasteiger partial charge in [0, 0.05) is 23.8 Å². The summed E-state index contributed by atoms with van der Waals surface area (Å²) in [6.07, 6.45) is 6.09. The van der Waals surface area contributed by atoms with Crippen LogP contribution in [-0.2, 0) is 0 Å². The van der Waals surface area contributed by atoms with Gasteiger partial charge in [-0.15, -0.1) is 0 Å². The van der Waals surface area contributed by atoms with Gasteiger partial charge in [-0.2, -0.15) is 4.98 Å². The Morgan fingerprint density at radius 1 is 1.00 bits per heavy atom. The number of rotatable bonds is 4. The Labute approximate surface area is 113 Å². The van der Waals surface area contributed by atoms with Crippen LogP contribution in [0.4, 0.5) is 11.8 Å². The third-order valence-corrected chi connectivity index (χ3v) is 3.81. The molecule has 0 amide bonds. The maximum absolute atomic E-state index is 9.52. The molecule has 0 atom stereocenters. The van der Waals surface area contributed by atoms with Crippen LogP contribution in [-0.4, -0.2) is 33.3 Å². The minimum atomic E-state index is -0.122. The van der Waals surface area contributed by atoms with Crippen molar-refractivity contribution in [3.05, 3.63) is 11.8 Å². The van der Waals surface area contributed by atoms with Crippen molar-refractivity contribution in [2.75, 3.05) is 10.6 Å². The fourth-order valence-electron chi connectivity index (χ4n) is 2.55. The highest BCUT2D eigenvalue weighted by Gasteiger charge is 2.22. The van der Waals surface area contributed by atoms with Crippen LogP contribution in [0.1, 0.15) is 44.2 Å². The SMILES string of the molecule is Cc1cc(NC2CC2)nc(NC2CCC(O)CC2)n1. The van der Waals surface area contributed by atoms with Crippen molar-refractivity contribution in [3.8, 4) is 0 Å². The van der Waals surface area contributed by atoms with E-state index in [1.165, 1.54) is 12.8 Å². The molecule has 2 aliphatic carbocycles. The molecule has 5 nitrogen and oxygen atoms in total. The number of hydrogen-bond acceptors (Lipinski definition) is 5. The smallest absolute Gasteiger partial charge is 0.225 e. The summed E-state index contributed by atoms with van der Waals surface area (Å²) < 4.78 is 0. The molecule has 3 N–H and O–H groups in total. The van der Waals surface area contributed by atoms with Crippen molar-refractivity contribution in [1.29, 1.82) is 0 Å². The summed E-state index contributed by atoms with van der Waals surface area (Å²) in [7, 11) is 0. The number of nitrogens with one attached hydrogen (secondary N) is 2. The van der Waals surface area contributed by atoms with Crippen LogP contribution >= 0.6 is 0 Å². The summed E-state index contributed by atoms with van der Waals surface area (Å²) in [5.74, 6) is 1.64. The Bertz CT molecular complexity index is 439. The lowest BCUT2D eigenvalue weighted by Crippen LogP contribution is -2.29. The molecule has 104 valence electrons. The molecule has 3 rings (SSSR count). The summed E-state index contributed by atoms with van der Waals surface area (Å²) in [5, 5.41) is 16.3. The first-order valence-corrected chi connectivity index (χ1v) is 7.26. The maximum Gasteiger partial charge on any atom is 0.225 e. The first-order valence-electron chi connectivity index (χ1n) is 7.26. The predicted molar refractivity (Wildman–Crippen MR) is 75.3 cm³/mol. The van der Waals surface area contributed by atoms with Crippen molar-refractivity contribution in [3.63, 3.8) is 0 Å². The molecule has 1 heterocycles. The van der Waals surface area contributed by atoms with E-state index in [1.807, 2.05) is 13.0 Å². The number of aliphatic hydroxyl groups excluding tert-OH is 1. The molecule has 1 aromatic rings. The molecular weight excluding hydrogens is 240 g/mol. The zero-order valence-electron chi connectivity index (χ0n) is 11.4. The minimum Gasteiger partial charge on any atom is -0.393 e. The largest absolute Gasteiger partial charge is 0.393 e. The molecule has 0 bridgehead atoms. The van der Waals surface area contributed by atoms with Gasteiger partial charge in [-0.25, -0.2) is 4.98 Å². The van der Waals surface area contributed by atoms with Gasteiger partial charge in [-0.3, -0.25) is 0 Å². The van der Waals surface area contributed by atoms with E-state index in [0.29, 0.717) is 18.0 Å². The average Bonchev–Trinajstić information content (AvgIpc) is 3.15.